The van der Waals surface area contributed by atoms with Crippen LogP contribution in [0.25, 0.3) is 0 Å². The van der Waals surface area contributed by atoms with E-state index in [2.05, 4.69) is 0 Å². The molecule has 1 saturated carbocycles. The molecule has 1 aliphatic carbocycles. The zero-order valence-electron chi connectivity index (χ0n) is 11.0. The van der Waals surface area contributed by atoms with Gasteiger partial charge in [0, 0.05) is 18.1 Å². The summed E-state index contributed by atoms with van der Waals surface area (Å²) >= 11 is 12.2. The Bertz CT molecular complexity index is 465. The second-order valence-electron chi connectivity index (χ2n) is 5.10. The highest BCUT2D eigenvalue weighted by Crippen LogP contribution is 2.33. The van der Waals surface area contributed by atoms with Crippen LogP contribution in [0.4, 0.5) is 0 Å². The van der Waals surface area contributed by atoms with Crippen LogP contribution in [0.1, 0.15) is 48.9 Å². The van der Waals surface area contributed by atoms with E-state index in [0.29, 0.717) is 33.7 Å². The molecule has 0 radical (unpaired) electrons. The number of carbonyl (C=O) groups excluding carboxylic acids is 1. The molecule has 1 aromatic carbocycles. The van der Waals surface area contributed by atoms with Crippen molar-refractivity contribution < 1.29 is 9.53 Å². The maximum absolute atomic E-state index is 12.3. The van der Waals surface area contributed by atoms with E-state index in [9.17, 15) is 4.79 Å². The number of hydrogen-bond acceptors (Lipinski definition) is 2. The van der Waals surface area contributed by atoms with Crippen LogP contribution in [0.15, 0.2) is 12.1 Å². The molecule has 0 spiro atoms. The normalized spacial score (nSPS) is 16.4. The third-order valence-electron chi connectivity index (χ3n) is 3.74. The van der Waals surface area contributed by atoms with Crippen molar-refractivity contribution in [3.8, 4) is 5.75 Å². The fourth-order valence-electron chi connectivity index (χ4n) is 2.66. The Morgan fingerprint density at radius 3 is 2.53 bits per heavy atom. The SMILES string of the molecule is COc1cc(Cl)c(C(=O)CC2CCCCC2)cc1Cl. The van der Waals surface area contributed by atoms with E-state index in [0.717, 1.165) is 12.8 Å². The second-order valence-corrected chi connectivity index (χ2v) is 5.91. The summed E-state index contributed by atoms with van der Waals surface area (Å²) in [6.45, 7) is 0. The first-order valence-corrected chi connectivity index (χ1v) is 7.43. The van der Waals surface area contributed by atoms with E-state index in [4.69, 9.17) is 27.9 Å². The van der Waals surface area contributed by atoms with Gasteiger partial charge in [0.25, 0.3) is 0 Å². The molecule has 104 valence electrons. The van der Waals surface area contributed by atoms with Crippen LogP contribution in [0.2, 0.25) is 10.0 Å². The van der Waals surface area contributed by atoms with Gasteiger partial charge in [-0.15, -0.1) is 0 Å². The topological polar surface area (TPSA) is 26.3 Å². The quantitative estimate of drug-likeness (QED) is 0.718. The van der Waals surface area contributed by atoms with E-state index >= 15 is 0 Å². The van der Waals surface area contributed by atoms with Gasteiger partial charge in [-0.2, -0.15) is 0 Å². The molecule has 0 atom stereocenters. The van der Waals surface area contributed by atoms with Crippen LogP contribution in [-0.4, -0.2) is 12.9 Å². The summed E-state index contributed by atoms with van der Waals surface area (Å²) in [5, 5.41) is 0.848. The summed E-state index contributed by atoms with van der Waals surface area (Å²) in [5.74, 6) is 1.08. The van der Waals surface area contributed by atoms with Gasteiger partial charge in [0.1, 0.15) is 5.75 Å². The maximum atomic E-state index is 12.3. The molecule has 1 fully saturated rings. The number of ketones is 1. The molecule has 0 heterocycles. The van der Waals surface area contributed by atoms with Crippen LogP contribution in [0.5, 0.6) is 5.75 Å². The van der Waals surface area contributed by atoms with Crippen molar-refractivity contribution in [3.63, 3.8) is 0 Å². The summed E-state index contributed by atoms with van der Waals surface area (Å²) in [6, 6.07) is 3.23. The lowest BCUT2D eigenvalue weighted by molar-refractivity contribution is 0.0950. The van der Waals surface area contributed by atoms with Gasteiger partial charge in [-0.05, 0) is 12.0 Å². The molecule has 0 N–H and O–H groups in total. The minimum atomic E-state index is 0.0847. The van der Waals surface area contributed by atoms with Gasteiger partial charge in [-0.1, -0.05) is 55.3 Å². The minimum Gasteiger partial charge on any atom is -0.495 e. The molecule has 1 aromatic rings. The lowest BCUT2D eigenvalue weighted by Crippen LogP contribution is -2.12. The highest BCUT2D eigenvalue weighted by molar-refractivity contribution is 6.36. The van der Waals surface area contributed by atoms with Crippen molar-refractivity contribution in [1.82, 2.24) is 0 Å². The predicted molar refractivity (Wildman–Crippen MR) is 78.5 cm³/mol. The number of ether oxygens (including phenoxy) is 1. The second kappa shape index (κ2) is 6.62. The number of benzene rings is 1. The Hall–Kier alpha value is -0.730. The van der Waals surface area contributed by atoms with Gasteiger partial charge in [0.2, 0.25) is 0 Å². The molecule has 0 amide bonds. The van der Waals surface area contributed by atoms with Crippen molar-refractivity contribution >= 4 is 29.0 Å². The van der Waals surface area contributed by atoms with E-state index in [1.807, 2.05) is 0 Å². The average molecular weight is 301 g/mol. The summed E-state index contributed by atoms with van der Waals surface area (Å²) in [5.41, 5.74) is 0.512. The highest BCUT2D eigenvalue weighted by atomic mass is 35.5. The molecule has 0 aromatic heterocycles. The van der Waals surface area contributed by atoms with Gasteiger partial charge in [-0.3, -0.25) is 4.79 Å². The van der Waals surface area contributed by atoms with E-state index in [-0.39, 0.29) is 5.78 Å². The molecule has 0 unspecified atom stereocenters. The van der Waals surface area contributed by atoms with Gasteiger partial charge >= 0.3 is 0 Å². The van der Waals surface area contributed by atoms with Crippen molar-refractivity contribution in [2.24, 2.45) is 5.92 Å². The van der Waals surface area contributed by atoms with Crippen LogP contribution in [0, 0.1) is 5.92 Å². The van der Waals surface area contributed by atoms with Crippen LogP contribution < -0.4 is 4.74 Å². The number of rotatable bonds is 4. The summed E-state index contributed by atoms with van der Waals surface area (Å²) in [6.07, 6.45) is 6.62. The monoisotopic (exact) mass is 300 g/mol. The first-order chi connectivity index (χ1) is 9.11. The summed E-state index contributed by atoms with van der Waals surface area (Å²) in [7, 11) is 1.53. The Morgan fingerprint density at radius 2 is 1.89 bits per heavy atom. The molecule has 4 heteroatoms. The number of carbonyl (C=O) groups is 1. The summed E-state index contributed by atoms with van der Waals surface area (Å²) in [4.78, 5) is 12.3. The van der Waals surface area contributed by atoms with Crippen molar-refractivity contribution in [2.75, 3.05) is 7.11 Å². The number of methoxy groups -OCH3 is 1. The van der Waals surface area contributed by atoms with Crippen molar-refractivity contribution in [2.45, 2.75) is 38.5 Å². The molecule has 0 saturated heterocycles. The Balaban J connectivity index is 2.12. The minimum absolute atomic E-state index is 0.0847. The van der Waals surface area contributed by atoms with Crippen molar-refractivity contribution in [3.05, 3.63) is 27.7 Å². The molecule has 1 aliphatic rings. The molecule has 0 aliphatic heterocycles. The lowest BCUT2D eigenvalue weighted by Gasteiger charge is -2.21. The predicted octanol–water partition coefficient (Wildman–Crippen LogP) is 5.16. The van der Waals surface area contributed by atoms with E-state index in [1.54, 1.807) is 12.1 Å². The zero-order chi connectivity index (χ0) is 13.8. The Labute approximate surface area is 124 Å². The number of halogens is 2. The standard InChI is InChI=1S/C15H18Cl2O2/c1-19-15-9-12(16)11(8-13(15)17)14(18)7-10-5-3-2-4-6-10/h8-10H,2-7H2,1H3. The first kappa shape index (κ1) is 14.7. The van der Waals surface area contributed by atoms with Gasteiger partial charge in [-0.25, -0.2) is 0 Å². The lowest BCUT2D eigenvalue weighted by atomic mass is 9.85. The van der Waals surface area contributed by atoms with Crippen LogP contribution in [-0.2, 0) is 0 Å². The number of Topliss-reactive ketones (excluding diaryl/α,β-unsaturated/α-hetero) is 1. The van der Waals surface area contributed by atoms with Crippen molar-refractivity contribution in [1.29, 1.82) is 0 Å². The third-order valence-corrected chi connectivity index (χ3v) is 4.35. The smallest absolute Gasteiger partial charge is 0.164 e. The fourth-order valence-corrected chi connectivity index (χ4v) is 3.16. The molecule has 19 heavy (non-hydrogen) atoms. The van der Waals surface area contributed by atoms with Gasteiger partial charge < -0.3 is 4.74 Å². The molecular weight excluding hydrogens is 283 g/mol. The summed E-state index contributed by atoms with van der Waals surface area (Å²) < 4.78 is 5.08. The van der Waals surface area contributed by atoms with E-state index < -0.39 is 0 Å². The fraction of sp³-hybridized carbons (Fsp3) is 0.533. The largest absolute Gasteiger partial charge is 0.495 e. The molecule has 2 rings (SSSR count). The zero-order valence-corrected chi connectivity index (χ0v) is 12.6. The first-order valence-electron chi connectivity index (χ1n) is 6.68. The van der Waals surface area contributed by atoms with Crippen LogP contribution >= 0.6 is 23.2 Å². The average Bonchev–Trinajstić information content (AvgIpc) is 2.42. The van der Waals surface area contributed by atoms with E-state index in [1.165, 1.54) is 26.4 Å². The number of hydrogen-bond donors (Lipinski definition) is 0. The Morgan fingerprint density at radius 1 is 1.21 bits per heavy atom. The highest BCUT2D eigenvalue weighted by Gasteiger charge is 2.20. The third kappa shape index (κ3) is 3.64. The van der Waals surface area contributed by atoms with Gasteiger partial charge in [0.15, 0.2) is 5.78 Å². The molecule has 2 nitrogen and oxygen atoms in total. The van der Waals surface area contributed by atoms with Crippen LogP contribution in [0.3, 0.4) is 0 Å². The Kier molecular flexibility index (Phi) is 5.12. The van der Waals surface area contributed by atoms with Gasteiger partial charge in [0.05, 0.1) is 17.2 Å². The molecular formula is C15H18Cl2O2. The maximum Gasteiger partial charge on any atom is 0.164 e. The molecule has 0 bridgehead atoms.